The second-order valence-corrected chi connectivity index (χ2v) is 5.98. The first kappa shape index (κ1) is 15.5. The number of rotatable bonds is 4. The molecular weight excluding hydrogens is 365 g/mol. The average Bonchev–Trinajstić information content (AvgIpc) is 2.37. The summed E-state index contributed by atoms with van der Waals surface area (Å²) in [7, 11) is 0. The Morgan fingerprint density at radius 2 is 2.00 bits per heavy atom. The molecule has 0 aromatic heterocycles. The number of aromatic carboxylic acids is 1. The van der Waals surface area contributed by atoms with Crippen LogP contribution in [0.1, 0.15) is 10.4 Å². The predicted molar refractivity (Wildman–Crippen MR) is 78.3 cm³/mol. The molecule has 2 rings (SSSR count). The van der Waals surface area contributed by atoms with Gasteiger partial charge in [-0.1, -0.05) is 27.7 Å². The van der Waals surface area contributed by atoms with E-state index in [1.54, 1.807) is 12.1 Å². The van der Waals surface area contributed by atoms with Crippen molar-refractivity contribution in [3.8, 4) is 0 Å². The van der Waals surface area contributed by atoms with Crippen LogP contribution in [0, 0.1) is 15.9 Å². The SMILES string of the molecule is O=C(O)c1ccc(Br)cc1Sc1cc(F)cc([N+](=O)[O-])c1. The topological polar surface area (TPSA) is 80.4 Å². The van der Waals surface area contributed by atoms with E-state index in [1.807, 2.05) is 0 Å². The van der Waals surface area contributed by atoms with E-state index in [-0.39, 0.29) is 16.1 Å². The quantitative estimate of drug-likeness (QED) is 0.638. The predicted octanol–water partition coefficient (Wildman–Crippen LogP) is 4.35. The van der Waals surface area contributed by atoms with Crippen molar-refractivity contribution in [1.82, 2.24) is 0 Å². The van der Waals surface area contributed by atoms with E-state index < -0.39 is 16.7 Å². The summed E-state index contributed by atoms with van der Waals surface area (Å²) in [4.78, 5) is 21.8. The Balaban J connectivity index is 2.45. The number of nitro groups is 1. The largest absolute Gasteiger partial charge is 0.478 e. The van der Waals surface area contributed by atoms with E-state index in [1.165, 1.54) is 12.1 Å². The Kier molecular flexibility index (Phi) is 4.59. The molecule has 0 radical (unpaired) electrons. The Hall–Kier alpha value is -1.93. The lowest BCUT2D eigenvalue weighted by atomic mass is 10.2. The Labute approximate surface area is 131 Å². The van der Waals surface area contributed by atoms with Crippen LogP contribution < -0.4 is 0 Å². The van der Waals surface area contributed by atoms with Crippen LogP contribution in [-0.2, 0) is 0 Å². The molecule has 108 valence electrons. The fraction of sp³-hybridized carbons (Fsp3) is 0. The highest BCUT2D eigenvalue weighted by molar-refractivity contribution is 9.10. The zero-order valence-electron chi connectivity index (χ0n) is 10.2. The first-order valence-electron chi connectivity index (χ1n) is 5.52. The summed E-state index contributed by atoms with van der Waals surface area (Å²) < 4.78 is 14.0. The molecule has 0 aliphatic carbocycles. The van der Waals surface area contributed by atoms with Gasteiger partial charge < -0.3 is 5.11 Å². The summed E-state index contributed by atoms with van der Waals surface area (Å²) in [6.07, 6.45) is 0. The fourth-order valence-corrected chi connectivity index (χ4v) is 3.17. The summed E-state index contributed by atoms with van der Waals surface area (Å²) in [5.41, 5.74) is -0.348. The van der Waals surface area contributed by atoms with Gasteiger partial charge in [0, 0.05) is 20.3 Å². The Bertz CT molecular complexity index is 738. The van der Waals surface area contributed by atoms with E-state index in [0.717, 1.165) is 23.9 Å². The maximum absolute atomic E-state index is 13.4. The van der Waals surface area contributed by atoms with Crippen molar-refractivity contribution >= 4 is 39.3 Å². The number of benzene rings is 2. The van der Waals surface area contributed by atoms with Crippen LogP contribution in [0.25, 0.3) is 0 Å². The maximum atomic E-state index is 13.4. The molecule has 0 atom stereocenters. The van der Waals surface area contributed by atoms with Crippen molar-refractivity contribution in [1.29, 1.82) is 0 Å². The van der Waals surface area contributed by atoms with Crippen molar-refractivity contribution in [3.63, 3.8) is 0 Å². The van der Waals surface area contributed by atoms with Gasteiger partial charge in [0.25, 0.3) is 5.69 Å². The lowest BCUT2D eigenvalue weighted by Crippen LogP contribution is -1.98. The molecule has 21 heavy (non-hydrogen) atoms. The van der Waals surface area contributed by atoms with Gasteiger partial charge in [0.15, 0.2) is 0 Å². The standard InChI is InChI=1S/C13H7BrFNO4S/c14-7-1-2-11(13(17)18)12(3-7)21-10-5-8(15)4-9(6-10)16(19)20/h1-6H,(H,17,18). The van der Waals surface area contributed by atoms with E-state index in [4.69, 9.17) is 5.11 Å². The second kappa shape index (κ2) is 6.23. The molecular formula is C13H7BrFNO4S. The highest BCUT2D eigenvalue weighted by Crippen LogP contribution is 2.34. The maximum Gasteiger partial charge on any atom is 0.336 e. The minimum atomic E-state index is -1.13. The van der Waals surface area contributed by atoms with Crippen LogP contribution in [0.4, 0.5) is 10.1 Å². The van der Waals surface area contributed by atoms with Crippen LogP contribution in [0.3, 0.4) is 0 Å². The first-order valence-corrected chi connectivity index (χ1v) is 7.13. The van der Waals surface area contributed by atoms with Gasteiger partial charge in [-0.25, -0.2) is 9.18 Å². The highest BCUT2D eigenvalue weighted by atomic mass is 79.9. The van der Waals surface area contributed by atoms with Gasteiger partial charge in [-0.3, -0.25) is 10.1 Å². The fourth-order valence-electron chi connectivity index (χ4n) is 1.60. The van der Waals surface area contributed by atoms with Crippen molar-refractivity contribution < 1.29 is 19.2 Å². The minimum Gasteiger partial charge on any atom is -0.478 e. The van der Waals surface area contributed by atoms with Crippen LogP contribution in [-0.4, -0.2) is 16.0 Å². The van der Waals surface area contributed by atoms with E-state index in [0.29, 0.717) is 9.37 Å². The molecule has 0 saturated heterocycles. The third-order valence-corrected chi connectivity index (χ3v) is 3.99. The highest BCUT2D eigenvalue weighted by Gasteiger charge is 2.15. The normalized spacial score (nSPS) is 10.4. The molecule has 5 nitrogen and oxygen atoms in total. The molecule has 1 N–H and O–H groups in total. The van der Waals surface area contributed by atoms with Crippen molar-refractivity contribution in [3.05, 3.63) is 62.4 Å². The molecule has 0 unspecified atom stereocenters. The minimum absolute atomic E-state index is 0.0371. The number of hydrogen-bond donors (Lipinski definition) is 1. The van der Waals surface area contributed by atoms with Crippen LogP contribution >= 0.6 is 27.7 Å². The van der Waals surface area contributed by atoms with Gasteiger partial charge in [-0.15, -0.1) is 0 Å². The number of hydrogen-bond acceptors (Lipinski definition) is 4. The van der Waals surface area contributed by atoms with Gasteiger partial charge in [-0.2, -0.15) is 0 Å². The summed E-state index contributed by atoms with van der Waals surface area (Å²) >= 11 is 4.17. The van der Waals surface area contributed by atoms with Crippen LogP contribution in [0.2, 0.25) is 0 Å². The number of non-ortho nitro benzene ring substituents is 1. The lowest BCUT2D eigenvalue weighted by Gasteiger charge is -2.07. The molecule has 2 aromatic carbocycles. The number of carbonyl (C=O) groups is 1. The van der Waals surface area contributed by atoms with Gasteiger partial charge in [-0.05, 0) is 24.3 Å². The van der Waals surface area contributed by atoms with Crippen molar-refractivity contribution in [2.75, 3.05) is 0 Å². The molecule has 0 fully saturated rings. The first-order chi connectivity index (χ1) is 9.86. The van der Waals surface area contributed by atoms with Crippen molar-refractivity contribution in [2.24, 2.45) is 0 Å². The molecule has 0 aliphatic heterocycles. The number of carboxylic acid groups (broad SMARTS) is 1. The molecule has 8 heteroatoms. The Morgan fingerprint density at radius 1 is 1.29 bits per heavy atom. The lowest BCUT2D eigenvalue weighted by molar-refractivity contribution is -0.385. The molecule has 0 spiro atoms. The monoisotopic (exact) mass is 371 g/mol. The molecule has 0 amide bonds. The van der Waals surface area contributed by atoms with E-state index in [9.17, 15) is 19.3 Å². The zero-order chi connectivity index (χ0) is 15.6. The summed E-state index contributed by atoms with van der Waals surface area (Å²) in [6, 6.07) is 7.66. The average molecular weight is 372 g/mol. The third kappa shape index (κ3) is 3.79. The van der Waals surface area contributed by atoms with E-state index >= 15 is 0 Å². The molecule has 2 aromatic rings. The summed E-state index contributed by atoms with van der Waals surface area (Å²) in [5, 5.41) is 19.8. The van der Waals surface area contributed by atoms with E-state index in [2.05, 4.69) is 15.9 Å². The Morgan fingerprint density at radius 3 is 2.62 bits per heavy atom. The number of nitrogens with zero attached hydrogens (tertiary/aromatic N) is 1. The van der Waals surface area contributed by atoms with Gasteiger partial charge >= 0.3 is 5.97 Å². The van der Waals surface area contributed by atoms with Gasteiger partial charge in [0.1, 0.15) is 5.82 Å². The van der Waals surface area contributed by atoms with Gasteiger partial charge in [0.05, 0.1) is 16.6 Å². The number of carboxylic acids is 1. The molecule has 0 saturated carbocycles. The van der Waals surface area contributed by atoms with Crippen LogP contribution in [0.5, 0.6) is 0 Å². The van der Waals surface area contributed by atoms with Crippen molar-refractivity contribution in [2.45, 2.75) is 9.79 Å². The van der Waals surface area contributed by atoms with Gasteiger partial charge in [0.2, 0.25) is 0 Å². The number of halogens is 2. The summed E-state index contributed by atoms with van der Waals surface area (Å²) in [6.45, 7) is 0. The second-order valence-electron chi connectivity index (χ2n) is 3.95. The summed E-state index contributed by atoms with van der Waals surface area (Å²) in [5.74, 6) is -1.88. The third-order valence-electron chi connectivity index (χ3n) is 2.47. The molecule has 0 heterocycles. The number of nitro benzene ring substituents is 1. The van der Waals surface area contributed by atoms with Crippen LogP contribution in [0.15, 0.2) is 50.7 Å². The molecule has 0 aliphatic rings. The smallest absolute Gasteiger partial charge is 0.336 e. The zero-order valence-corrected chi connectivity index (χ0v) is 12.6. The molecule has 0 bridgehead atoms.